The number of hydrogen-bond acceptors (Lipinski definition) is 1. The van der Waals surface area contributed by atoms with Crippen molar-refractivity contribution in [3.63, 3.8) is 0 Å². The average molecular weight is 535 g/mol. The summed E-state index contributed by atoms with van der Waals surface area (Å²) in [5, 5.41) is 14.4. The van der Waals surface area contributed by atoms with E-state index in [1.54, 1.807) is 0 Å². The van der Waals surface area contributed by atoms with E-state index in [1.807, 2.05) is 48.5 Å². The Bertz CT molecular complexity index is 2390. The molecule has 194 valence electrons. The van der Waals surface area contributed by atoms with E-state index < -0.39 is 0 Å². The van der Waals surface area contributed by atoms with Crippen LogP contribution in [-0.4, -0.2) is 9.13 Å². The summed E-state index contributed by atoms with van der Waals surface area (Å²) in [4.78, 5) is 3.68. The van der Waals surface area contributed by atoms with Gasteiger partial charge in [0.1, 0.15) is 0 Å². The molecular formula is C38H22N4. The molecule has 4 nitrogen and oxygen atoms in total. The number of rotatable bonds is 3. The Morgan fingerprint density at radius 3 is 1.83 bits per heavy atom. The number of para-hydroxylation sites is 3. The Kier molecular flexibility index (Phi) is 5.22. The molecule has 2 heterocycles. The third kappa shape index (κ3) is 3.47. The van der Waals surface area contributed by atoms with Gasteiger partial charge in [0.2, 0.25) is 0 Å². The molecule has 0 amide bonds. The van der Waals surface area contributed by atoms with Crippen LogP contribution in [0.2, 0.25) is 0 Å². The molecule has 0 N–H and O–H groups in total. The minimum absolute atomic E-state index is 0.604. The maximum atomic E-state index is 9.88. The van der Waals surface area contributed by atoms with E-state index in [0.717, 1.165) is 55.3 Å². The van der Waals surface area contributed by atoms with Crippen LogP contribution in [0.3, 0.4) is 0 Å². The molecular weight excluding hydrogens is 512 g/mol. The van der Waals surface area contributed by atoms with Crippen LogP contribution in [-0.2, 0) is 0 Å². The van der Waals surface area contributed by atoms with Gasteiger partial charge in [-0.2, -0.15) is 5.26 Å². The van der Waals surface area contributed by atoms with Crippen molar-refractivity contribution in [2.45, 2.75) is 0 Å². The van der Waals surface area contributed by atoms with E-state index in [9.17, 15) is 5.26 Å². The zero-order valence-electron chi connectivity index (χ0n) is 22.5. The first-order chi connectivity index (χ1) is 20.7. The molecule has 0 saturated carbocycles. The maximum absolute atomic E-state index is 9.88. The van der Waals surface area contributed by atoms with E-state index in [0.29, 0.717) is 11.3 Å². The molecule has 6 aromatic carbocycles. The van der Waals surface area contributed by atoms with Crippen LogP contribution < -0.4 is 0 Å². The van der Waals surface area contributed by atoms with E-state index in [-0.39, 0.29) is 0 Å². The lowest BCUT2D eigenvalue weighted by Crippen LogP contribution is -1.99. The zero-order valence-corrected chi connectivity index (χ0v) is 22.5. The van der Waals surface area contributed by atoms with Crippen molar-refractivity contribution in [1.82, 2.24) is 9.13 Å². The van der Waals surface area contributed by atoms with Crippen LogP contribution >= 0.6 is 0 Å². The summed E-state index contributed by atoms with van der Waals surface area (Å²) >= 11 is 0. The summed E-state index contributed by atoms with van der Waals surface area (Å²) in [6, 6.07) is 48.0. The van der Waals surface area contributed by atoms with Crippen molar-refractivity contribution in [2.75, 3.05) is 0 Å². The summed E-state index contributed by atoms with van der Waals surface area (Å²) in [6.07, 6.45) is 0. The molecule has 8 rings (SSSR count). The van der Waals surface area contributed by atoms with Crippen LogP contribution in [0.5, 0.6) is 0 Å². The molecule has 0 atom stereocenters. The van der Waals surface area contributed by atoms with Crippen molar-refractivity contribution < 1.29 is 0 Å². The van der Waals surface area contributed by atoms with E-state index in [2.05, 4.69) is 105 Å². The second-order valence-electron chi connectivity index (χ2n) is 10.4. The summed E-state index contributed by atoms with van der Waals surface area (Å²) < 4.78 is 4.57. The van der Waals surface area contributed by atoms with Crippen LogP contribution in [0.15, 0.2) is 133 Å². The standard InChI is InChI=1S/C38H22N4/c1-40-27-18-20-38-33(23-27)31-13-4-7-16-36(31)42(38)37-19-17-25(24-39)21-32(37)26-9-8-10-28(22-26)41-34-14-5-2-11-29(34)30-12-3-6-15-35(30)41/h2-23H. The molecule has 0 spiro atoms. The summed E-state index contributed by atoms with van der Waals surface area (Å²) in [7, 11) is 0. The fraction of sp³-hybridized carbons (Fsp3) is 0. The maximum Gasteiger partial charge on any atom is 0.188 e. The largest absolute Gasteiger partial charge is 0.309 e. The Balaban J connectivity index is 1.41. The van der Waals surface area contributed by atoms with Crippen molar-refractivity contribution in [2.24, 2.45) is 0 Å². The van der Waals surface area contributed by atoms with Crippen LogP contribution in [0.25, 0.3) is 71.0 Å². The minimum Gasteiger partial charge on any atom is -0.309 e. The summed E-state index contributed by atoms with van der Waals surface area (Å²) in [5.74, 6) is 0. The van der Waals surface area contributed by atoms with Gasteiger partial charge in [0, 0.05) is 27.4 Å². The number of nitrogens with zero attached hydrogens (tertiary/aromatic N) is 4. The van der Waals surface area contributed by atoms with E-state index in [1.165, 1.54) is 10.8 Å². The Morgan fingerprint density at radius 2 is 1.17 bits per heavy atom. The Morgan fingerprint density at radius 1 is 0.548 bits per heavy atom. The van der Waals surface area contributed by atoms with Gasteiger partial charge in [-0.15, -0.1) is 0 Å². The molecule has 0 unspecified atom stereocenters. The normalized spacial score (nSPS) is 11.3. The van der Waals surface area contributed by atoms with Crippen molar-refractivity contribution in [3.05, 3.63) is 150 Å². The third-order valence-electron chi connectivity index (χ3n) is 8.15. The highest BCUT2D eigenvalue weighted by atomic mass is 15.0. The SMILES string of the molecule is [C-]#[N+]c1ccc2c(c1)c1ccccc1n2-c1ccc(C#N)cc1-c1cccc(-n2c3ccccc3c3ccccc32)c1. The highest BCUT2D eigenvalue weighted by molar-refractivity contribution is 6.11. The second kappa shape index (κ2) is 9.24. The van der Waals surface area contributed by atoms with Crippen LogP contribution in [0.1, 0.15) is 5.56 Å². The molecule has 42 heavy (non-hydrogen) atoms. The lowest BCUT2D eigenvalue weighted by atomic mass is 10.00. The van der Waals surface area contributed by atoms with Crippen LogP contribution in [0, 0.1) is 17.9 Å². The number of aromatic nitrogens is 2. The molecule has 0 aliphatic rings. The van der Waals surface area contributed by atoms with Crippen molar-refractivity contribution in [3.8, 4) is 28.6 Å². The molecule has 0 bridgehead atoms. The zero-order chi connectivity index (χ0) is 28.2. The van der Waals surface area contributed by atoms with Gasteiger partial charge in [-0.1, -0.05) is 72.8 Å². The molecule has 0 radical (unpaired) electrons. The van der Waals surface area contributed by atoms with Crippen molar-refractivity contribution >= 4 is 49.3 Å². The fourth-order valence-corrected chi connectivity index (χ4v) is 6.34. The van der Waals surface area contributed by atoms with E-state index in [4.69, 9.17) is 6.57 Å². The number of nitriles is 1. The van der Waals surface area contributed by atoms with Gasteiger partial charge in [-0.25, -0.2) is 4.85 Å². The number of benzene rings is 6. The fourth-order valence-electron chi connectivity index (χ4n) is 6.34. The van der Waals surface area contributed by atoms with Gasteiger partial charge < -0.3 is 9.13 Å². The lowest BCUT2D eigenvalue weighted by molar-refractivity contribution is 1.17. The molecule has 2 aromatic heterocycles. The predicted octanol–water partition coefficient (Wildman–Crippen LogP) is 9.97. The quantitative estimate of drug-likeness (QED) is 0.208. The van der Waals surface area contributed by atoms with Crippen molar-refractivity contribution in [1.29, 1.82) is 5.26 Å². The van der Waals surface area contributed by atoms with Gasteiger partial charge >= 0.3 is 0 Å². The topological polar surface area (TPSA) is 38.0 Å². The van der Waals surface area contributed by atoms with Gasteiger partial charge in [0.05, 0.1) is 46.0 Å². The van der Waals surface area contributed by atoms with Gasteiger partial charge in [0.15, 0.2) is 5.69 Å². The average Bonchev–Trinajstić information content (AvgIpc) is 3.57. The van der Waals surface area contributed by atoms with Crippen LogP contribution in [0.4, 0.5) is 5.69 Å². The molecule has 0 aliphatic heterocycles. The molecule has 0 aliphatic carbocycles. The predicted molar refractivity (Wildman–Crippen MR) is 172 cm³/mol. The first-order valence-electron chi connectivity index (χ1n) is 13.8. The highest BCUT2D eigenvalue weighted by Crippen LogP contribution is 2.39. The summed E-state index contributed by atoms with van der Waals surface area (Å²) in [6.45, 7) is 7.55. The Hall–Kier alpha value is -6.10. The summed E-state index contributed by atoms with van der Waals surface area (Å²) in [5.41, 5.74) is 9.62. The third-order valence-corrected chi connectivity index (χ3v) is 8.15. The highest BCUT2D eigenvalue weighted by Gasteiger charge is 2.18. The minimum atomic E-state index is 0.604. The van der Waals surface area contributed by atoms with Gasteiger partial charge in [0.25, 0.3) is 0 Å². The molecule has 0 saturated heterocycles. The molecule has 0 fully saturated rings. The smallest absolute Gasteiger partial charge is 0.188 e. The van der Waals surface area contributed by atoms with E-state index >= 15 is 0 Å². The first kappa shape index (κ1) is 23.8. The first-order valence-corrected chi connectivity index (χ1v) is 13.8. The number of fused-ring (bicyclic) bond motifs is 6. The van der Waals surface area contributed by atoms with Gasteiger partial charge in [-0.05, 0) is 71.6 Å². The molecule has 4 heteroatoms. The number of hydrogen-bond donors (Lipinski definition) is 0. The second-order valence-corrected chi connectivity index (χ2v) is 10.4. The monoisotopic (exact) mass is 534 g/mol. The lowest BCUT2D eigenvalue weighted by Gasteiger charge is -2.16. The molecule has 8 aromatic rings. The Labute approximate surface area is 242 Å². The van der Waals surface area contributed by atoms with Gasteiger partial charge in [-0.3, -0.25) is 0 Å².